The molecule has 0 saturated carbocycles. The van der Waals surface area contributed by atoms with Crippen LogP contribution in [0.3, 0.4) is 0 Å². The van der Waals surface area contributed by atoms with Gasteiger partial charge in [0, 0.05) is 0 Å². The minimum atomic E-state index is -2.49. The number of hydrogen-bond donors (Lipinski definition) is 2. The molecule has 0 bridgehead atoms. The van der Waals surface area contributed by atoms with Crippen LogP contribution in [0.15, 0.2) is 0 Å². The maximum Gasteiger partial charge on any atom is 0.228 e. The molecule has 6 heteroatoms. The van der Waals surface area contributed by atoms with E-state index in [2.05, 4.69) is 4.74 Å². The molecule has 1 aliphatic heterocycles. The predicted octanol–water partition coefficient (Wildman–Crippen LogP) is -0.862. The summed E-state index contributed by atoms with van der Waals surface area (Å²) in [6, 6.07) is -1.39. The minimum absolute atomic E-state index is 0.507. The molecular weight excluding hydrogens is 173 g/mol. The molecule has 0 aromatic heterocycles. The maximum absolute atomic E-state index is 13.0. The van der Waals surface area contributed by atoms with Gasteiger partial charge in [-0.25, -0.2) is 4.39 Å². The van der Waals surface area contributed by atoms with Gasteiger partial charge in [0.05, 0.1) is 12.6 Å². The topological polar surface area (TPSA) is 49.7 Å². The molecule has 0 unspecified atom stereocenters. The molecule has 62 valence electrons. The second-order valence-electron chi connectivity index (χ2n) is 2.40. The van der Waals surface area contributed by atoms with Crippen molar-refractivity contribution in [3.63, 3.8) is 0 Å². The molecule has 1 saturated heterocycles. The van der Waals surface area contributed by atoms with Gasteiger partial charge < -0.3 is 14.9 Å². The number of ether oxygens (including phenoxy) is 1. The molecule has 3 nitrogen and oxygen atoms in total. The lowest BCUT2D eigenvalue weighted by Gasteiger charge is -2.18. The Morgan fingerprint density at radius 3 is 2.45 bits per heavy atom. The van der Waals surface area contributed by atoms with Gasteiger partial charge in [-0.05, 0) is 0 Å². The van der Waals surface area contributed by atoms with Crippen LogP contribution >= 0.6 is 11.6 Å². The number of aliphatic hydroxyl groups is 2. The smallest absolute Gasteiger partial charge is 0.228 e. The molecule has 1 heterocycles. The van der Waals surface area contributed by atoms with Crippen LogP contribution in [-0.4, -0.2) is 48.0 Å². The summed E-state index contributed by atoms with van der Waals surface area (Å²) in [5, 5.41) is 15.0. The predicted molar refractivity (Wildman–Crippen MR) is 37.2 cm³/mol. The summed E-state index contributed by atoms with van der Waals surface area (Å²) < 4.78 is 17.6. The Morgan fingerprint density at radius 1 is 1.73 bits per heavy atom. The summed E-state index contributed by atoms with van der Waals surface area (Å²) in [7, 11) is 5.07. The standard InChI is InChI=1S/C5H7BClFO3/c6-4-5(7,8)3(10)2(1-9)11-4/h2-4,9-10H,1H2/t2-,3-,4-,5-/m1/s1. The highest BCUT2D eigenvalue weighted by molar-refractivity contribution is 6.29. The molecule has 2 radical (unpaired) electrons. The first-order chi connectivity index (χ1) is 5.00. The molecule has 0 spiro atoms. The van der Waals surface area contributed by atoms with E-state index in [1.807, 2.05) is 0 Å². The van der Waals surface area contributed by atoms with Gasteiger partial charge in [0.15, 0.2) is 0 Å². The molecule has 11 heavy (non-hydrogen) atoms. The van der Waals surface area contributed by atoms with Gasteiger partial charge in [0.25, 0.3) is 0 Å². The first-order valence-electron chi connectivity index (χ1n) is 3.08. The average molecular weight is 180 g/mol. The van der Waals surface area contributed by atoms with Crippen LogP contribution in [0.25, 0.3) is 0 Å². The van der Waals surface area contributed by atoms with Crippen LogP contribution in [0.2, 0.25) is 0 Å². The van der Waals surface area contributed by atoms with E-state index >= 15 is 0 Å². The van der Waals surface area contributed by atoms with E-state index in [1.54, 1.807) is 0 Å². The first kappa shape index (κ1) is 9.25. The molecule has 1 aliphatic rings. The lowest BCUT2D eigenvalue weighted by Crippen LogP contribution is -2.39. The molecule has 0 aromatic rings. The fourth-order valence-electron chi connectivity index (χ4n) is 0.912. The molecule has 0 aliphatic carbocycles. The Bertz CT molecular complexity index is 157. The number of rotatable bonds is 1. The number of aliphatic hydroxyl groups excluding tert-OH is 2. The third-order valence-electron chi connectivity index (χ3n) is 1.63. The van der Waals surface area contributed by atoms with Crippen molar-refractivity contribution in [2.24, 2.45) is 0 Å². The van der Waals surface area contributed by atoms with Crippen molar-refractivity contribution in [1.29, 1.82) is 0 Å². The third-order valence-corrected chi connectivity index (χ3v) is 2.07. The van der Waals surface area contributed by atoms with Gasteiger partial charge in [-0.15, -0.1) is 0 Å². The van der Waals surface area contributed by atoms with E-state index < -0.39 is 29.9 Å². The number of hydrogen-bond acceptors (Lipinski definition) is 3. The molecule has 1 fully saturated rings. The fourth-order valence-corrected chi connectivity index (χ4v) is 1.10. The average Bonchev–Trinajstić information content (AvgIpc) is 2.14. The Kier molecular flexibility index (Phi) is 2.44. The molecule has 1 rings (SSSR count). The lowest BCUT2D eigenvalue weighted by molar-refractivity contribution is -0.00685. The zero-order valence-electron chi connectivity index (χ0n) is 5.58. The van der Waals surface area contributed by atoms with Crippen molar-refractivity contribution < 1.29 is 19.3 Å². The van der Waals surface area contributed by atoms with Crippen molar-refractivity contribution in [3.8, 4) is 0 Å². The van der Waals surface area contributed by atoms with E-state index in [1.165, 1.54) is 0 Å². The van der Waals surface area contributed by atoms with Gasteiger partial charge in [-0.1, -0.05) is 11.6 Å². The Labute approximate surface area is 69.5 Å². The van der Waals surface area contributed by atoms with Crippen LogP contribution in [0.1, 0.15) is 0 Å². The molecular formula is C5H7BClFO3. The van der Waals surface area contributed by atoms with E-state index in [9.17, 15) is 4.39 Å². The summed E-state index contributed by atoms with van der Waals surface area (Å²) in [6.45, 7) is -0.507. The monoisotopic (exact) mass is 180 g/mol. The molecule has 4 atom stereocenters. The highest BCUT2D eigenvalue weighted by atomic mass is 35.5. The van der Waals surface area contributed by atoms with Gasteiger partial charge in [-0.3, -0.25) is 0 Å². The lowest BCUT2D eigenvalue weighted by atomic mass is 9.93. The second-order valence-corrected chi connectivity index (χ2v) is 2.98. The van der Waals surface area contributed by atoms with Crippen molar-refractivity contribution in [3.05, 3.63) is 0 Å². The number of alkyl halides is 2. The molecule has 2 N–H and O–H groups in total. The summed E-state index contributed by atoms with van der Waals surface area (Å²) in [4.78, 5) is 0. The zero-order valence-corrected chi connectivity index (χ0v) is 6.33. The van der Waals surface area contributed by atoms with Crippen molar-refractivity contribution in [2.75, 3.05) is 6.61 Å². The van der Waals surface area contributed by atoms with Gasteiger partial charge in [0.1, 0.15) is 20.1 Å². The number of halogens is 2. The maximum atomic E-state index is 13.0. The van der Waals surface area contributed by atoms with Gasteiger partial charge >= 0.3 is 0 Å². The summed E-state index contributed by atoms with van der Waals surface area (Å²) in [5.74, 6) is 0. The minimum Gasteiger partial charge on any atom is -0.394 e. The summed E-state index contributed by atoms with van der Waals surface area (Å²) in [6.07, 6.45) is -2.61. The fraction of sp³-hybridized carbons (Fsp3) is 1.00. The normalized spacial score (nSPS) is 51.5. The van der Waals surface area contributed by atoms with Crippen molar-refractivity contribution in [2.45, 2.75) is 23.3 Å². The Morgan fingerprint density at radius 2 is 2.27 bits per heavy atom. The van der Waals surface area contributed by atoms with Crippen molar-refractivity contribution in [1.82, 2.24) is 0 Å². The quantitative estimate of drug-likeness (QED) is 0.408. The highest BCUT2D eigenvalue weighted by Gasteiger charge is 2.53. The van der Waals surface area contributed by atoms with E-state index in [0.717, 1.165) is 0 Å². The van der Waals surface area contributed by atoms with Crippen LogP contribution in [0.5, 0.6) is 0 Å². The molecule has 0 amide bonds. The van der Waals surface area contributed by atoms with E-state index in [-0.39, 0.29) is 0 Å². The Hall–Kier alpha value is 0.165. The van der Waals surface area contributed by atoms with Gasteiger partial charge in [0.2, 0.25) is 5.13 Å². The summed E-state index contributed by atoms with van der Waals surface area (Å²) >= 11 is 5.16. The second kappa shape index (κ2) is 2.90. The third kappa shape index (κ3) is 1.38. The Balaban J connectivity index is 2.71. The van der Waals surface area contributed by atoms with E-state index in [0.29, 0.717) is 0 Å². The molecule has 0 aromatic carbocycles. The van der Waals surface area contributed by atoms with Crippen molar-refractivity contribution >= 4 is 19.4 Å². The highest BCUT2D eigenvalue weighted by Crippen LogP contribution is 2.36. The summed E-state index contributed by atoms with van der Waals surface area (Å²) in [5.41, 5.74) is 0. The zero-order chi connectivity index (χ0) is 8.65. The first-order valence-corrected chi connectivity index (χ1v) is 3.45. The van der Waals surface area contributed by atoms with Crippen LogP contribution in [0, 0.1) is 0 Å². The van der Waals surface area contributed by atoms with Crippen LogP contribution in [0.4, 0.5) is 4.39 Å². The van der Waals surface area contributed by atoms with Crippen LogP contribution < -0.4 is 0 Å². The SMILES string of the molecule is [B][C@@H]1O[C@H](CO)[C@@H](O)[C@]1(F)Cl. The van der Waals surface area contributed by atoms with E-state index in [4.69, 9.17) is 29.7 Å². The van der Waals surface area contributed by atoms with Crippen LogP contribution in [-0.2, 0) is 4.74 Å². The largest absolute Gasteiger partial charge is 0.394 e. The van der Waals surface area contributed by atoms with Gasteiger partial charge in [-0.2, -0.15) is 0 Å².